The predicted octanol–water partition coefficient (Wildman–Crippen LogP) is 2.12. The van der Waals surface area contributed by atoms with Crippen molar-refractivity contribution >= 4 is 11.9 Å². The van der Waals surface area contributed by atoms with Crippen LogP contribution in [0.1, 0.15) is 43.7 Å². The molecule has 3 amide bonds. The predicted molar refractivity (Wildman–Crippen MR) is 101 cm³/mol. The number of hydrogen-bond acceptors (Lipinski definition) is 3. The number of carbonyl (C=O) groups excluding carboxylic acids is 2. The Hall–Kier alpha value is -2.08. The van der Waals surface area contributed by atoms with E-state index in [9.17, 15) is 9.59 Å². The highest BCUT2D eigenvalue weighted by molar-refractivity contribution is 5.76. The third-order valence-electron chi connectivity index (χ3n) is 5.51. The summed E-state index contributed by atoms with van der Waals surface area (Å²) in [7, 11) is 0. The molecule has 2 aliphatic rings. The normalized spacial score (nSPS) is 24.2. The van der Waals surface area contributed by atoms with Crippen LogP contribution in [0.4, 0.5) is 4.79 Å². The molecule has 0 radical (unpaired) electrons. The third-order valence-corrected chi connectivity index (χ3v) is 5.51. The zero-order valence-corrected chi connectivity index (χ0v) is 15.4. The van der Waals surface area contributed by atoms with E-state index >= 15 is 0 Å². The van der Waals surface area contributed by atoms with Gasteiger partial charge in [0.15, 0.2) is 0 Å². The molecule has 0 aromatic heterocycles. The summed E-state index contributed by atoms with van der Waals surface area (Å²) in [4.78, 5) is 27.9. The van der Waals surface area contributed by atoms with Gasteiger partial charge in [0.05, 0.1) is 6.54 Å². The van der Waals surface area contributed by atoms with Crippen molar-refractivity contribution in [2.45, 2.75) is 38.1 Å². The van der Waals surface area contributed by atoms with E-state index in [4.69, 9.17) is 5.73 Å². The Morgan fingerprint density at radius 3 is 2.50 bits per heavy atom. The summed E-state index contributed by atoms with van der Waals surface area (Å²) in [6.07, 6.45) is 5.43. The summed E-state index contributed by atoms with van der Waals surface area (Å²) in [6, 6.07) is 10.6. The Balaban J connectivity index is 1.55. The smallest absolute Gasteiger partial charge is 0.317 e. The van der Waals surface area contributed by atoms with Crippen molar-refractivity contribution in [1.82, 2.24) is 15.1 Å². The number of rotatable bonds is 5. The van der Waals surface area contributed by atoms with Gasteiger partial charge in [0.1, 0.15) is 0 Å². The lowest BCUT2D eigenvalue weighted by molar-refractivity contribution is -0.120. The van der Waals surface area contributed by atoms with E-state index in [0.29, 0.717) is 12.5 Å². The van der Waals surface area contributed by atoms with E-state index in [1.807, 2.05) is 23.1 Å². The largest absolute Gasteiger partial charge is 0.369 e. The van der Waals surface area contributed by atoms with Crippen LogP contribution in [0.3, 0.4) is 0 Å². The summed E-state index contributed by atoms with van der Waals surface area (Å²) < 4.78 is 0. The SMILES string of the molecule is NC(=O)CN1C[C@@H](CNC(=O)N2CCCCC2)CC[C@H]1c1ccccc1. The molecule has 3 N–H and O–H groups in total. The number of amides is 3. The second kappa shape index (κ2) is 9.03. The summed E-state index contributed by atoms with van der Waals surface area (Å²) in [5, 5.41) is 3.09. The summed E-state index contributed by atoms with van der Waals surface area (Å²) in [5.41, 5.74) is 6.70. The zero-order chi connectivity index (χ0) is 18.4. The van der Waals surface area contributed by atoms with Crippen molar-refractivity contribution in [2.75, 3.05) is 32.7 Å². The second-order valence-electron chi connectivity index (χ2n) is 7.50. The molecule has 0 aliphatic carbocycles. The van der Waals surface area contributed by atoms with Crippen LogP contribution in [0.5, 0.6) is 0 Å². The van der Waals surface area contributed by atoms with Gasteiger partial charge in [-0.2, -0.15) is 0 Å². The molecule has 2 atom stereocenters. The number of nitrogens with zero attached hydrogens (tertiary/aromatic N) is 2. The molecule has 0 unspecified atom stereocenters. The number of hydrogen-bond donors (Lipinski definition) is 2. The number of likely N-dealkylation sites (tertiary alicyclic amines) is 2. The standard InChI is InChI=1S/C20H30N4O2/c21-19(25)15-24-14-16(9-10-18(24)17-7-3-1-4-8-17)13-22-20(26)23-11-5-2-6-12-23/h1,3-4,7-8,16,18H,2,5-6,9-15H2,(H2,21,25)(H,22,26)/t16-,18+/m1/s1. The zero-order valence-electron chi connectivity index (χ0n) is 15.4. The van der Waals surface area contributed by atoms with Crippen molar-refractivity contribution < 1.29 is 9.59 Å². The molecule has 3 rings (SSSR count). The highest BCUT2D eigenvalue weighted by atomic mass is 16.2. The molecule has 2 fully saturated rings. The number of primary amides is 1. The maximum absolute atomic E-state index is 12.3. The van der Waals surface area contributed by atoms with Crippen molar-refractivity contribution in [1.29, 1.82) is 0 Å². The minimum absolute atomic E-state index is 0.0522. The van der Waals surface area contributed by atoms with Crippen LogP contribution in [0.15, 0.2) is 30.3 Å². The highest BCUT2D eigenvalue weighted by Gasteiger charge is 2.30. The molecule has 142 valence electrons. The van der Waals surface area contributed by atoms with E-state index in [2.05, 4.69) is 22.3 Å². The van der Waals surface area contributed by atoms with Crippen LogP contribution < -0.4 is 11.1 Å². The van der Waals surface area contributed by atoms with E-state index in [1.54, 1.807) is 0 Å². The average molecular weight is 358 g/mol. The van der Waals surface area contributed by atoms with Gasteiger partial charge in [0, 0.05) is 32.2 Å². The lowest BCUT2D eigenvalue weighted by Gasteiger charge is -2.39. The Labute approximate surface area is 155 Å². The van der Waals surface area contributed by atoms with E-state index in [1.165, 1.54) is 12.0 Å². The number of urea groups is 1. The molecule has 2 aliphatic heterocycles. The molecular formula is C20H30N4O2. The van der Waals surface area contributed by atoms with Crippen molar-refractivity contribution in [3.05, 3.63) is 35.9 Å². The van der Waals surface area contributed by atoms with Gasteiger partial charge < -0.3 is 16.0 Å². The van der Waals surface area contributed by atoms with Crippen molar-refractivity contribution in [3.8, 4) is 0 Å². The number of nitrogens with one attached hydrogen (secondary N) is 1. The molecule has 2 saturated heterocycles. The summed E-state index contributed by atoms with van der Waals surface area (Å²) >= 11 is 0. The summed E-state index contributed by atoms with van der Waals surface area (Å²) in [5.74, 6) is 0.0481. The van der Waals surface area contributed by atoms with Crippen molar-refractivity contribution in [3.63, 3.8) is 0 Å². The molecule has 1 aromatic rings. The van der Waals surface area contributed by atoms with Gasteiger partial charge in [-0.3, -0.25) is 9.69 Å². The molecular weight excluding hydrogens is 328 g/mol. The van der Waals surface area contributed by atoms with Gasteiger partial charge in [-0.1, -0.05) is 30.3 Å². The fraction of sp³-hybridized carbons (Fsp3) is 0.600. The molecule has 0 bridgehead atoms. The minimum Gasteiger partial charge on any atom is -0.369 e. The van der Waals surface area contributed by atoms with Gasteiger partial charge in [0.25, 0.3) is 0 Å². The topological polar surface area (TPSA) is 78.7 Å². The average Bonchev–Trinajstić information content (AvgIpc) is 2.67. The van der Waals surface area contributed by atoms with Crippen LogP contribution in [0.25, 0.3) is 0 Å². The second-order valence-corrected chi connectivity index (χ2v) is 7.50. The fourth-order valence-corrected chi connectivity index (χ4v) is 4.16. The molecule has 6 heteroatoms. The molecule has 26 heavy (non-hydrogen) atoms. The van der Waals surface area contributed by atoms with Gasteiger partial charge in [-0.05, 0) is 43.6 Å². The Bertz CT molecular complexity index is 601. The molecule has 6 nitrogen and oxygen atoms in total. The lowest BCUT2D eigenvalue weighted by Crippen LogP contribution is -2.48. The van der Waals surface area contributed by atoms with Crippen LogP contribution >= 0.6 is 0 Å². The first-order valence-corrected chi connectivity index (χ1v) is 9.73. The van der Waals surface area contributed by atoms with Crippen LogP contribution in [0.2, 0.25) is 0 Å². The van der Waals surface area contributed by atoms with Crippen molar-refractivity contribution in [2.24, 2.45) is 11.7 Å². The lowest BCUT2D eigenvalue weighted by atomic mass is 9.89. The Morgan fingerprint density at radius 2 is 1.81 bits per heavy atom. The minimum atomic E-state index is -0.302. The molecule has 0 spiro atoms. The number of carbonyl (C=O) groups is 2. The third kappa shape index (κ3) is 4.97. The molecule has 1 aromatic carbocycles. The van der Waals surface area contributed by atoms with E-state index in [-0.39, 0.29) is 24.5 Å². The van der Waals surface area contributed by atoms with Crippen LogP contribution in [-0.2, 0) is 4.79 Å². The van der Waals surface area contributed by atoms with E-state index < -0.39 is 0 Å². The van der Waals surface area contributed by atoms with Crippen LogP contribution in [0, 0.1) is 5.92 Å². The number of nitrogens with two attached hydrogens (primary N) is 1. The van der Waals surface area contributed by atoms with Gasteiger partial charge >= 0.3 is 6.03 Å². The maximum Gasteiger partial charge on any atom is 0.317 e. The number of piperidine rings is 2. The molecule has 0 saturated carbocycles. The van der Waals surface area contributed by atoms with Crippen LogP contribution in [-0.4, -0.2) is 54.5 Å². The summed E-state index contributed by atoms with van der Waals surface area (Å²) in [6.45, 7) is 3.42. The monoisotopic (exact) mass is 358 g/mol. The van der Waals surface area contributed by atoms with Gasteiger partial charge in [0.2, 0.25) is 5.91 Å². The first-order chi connectivity index (χ1) is 12.6. The molecule has 2 heterocycles. The van der Waals surface area contributed by atoms with E-state index in [0.717, 1.165) is 45.3 Å². The van der Waals surface area contributed by atoms with Gasteiger partial charge in [-0.15, -0.1) is 0 Å². The highest BCUT2D eigenvalue weighted by Crippen LogP contribution is 2.32. The van der Waals surface area contributed by atoms with Gasteiger partial charge in [-0.25, -0.2) is 4.79 Å². The Morgan fingerprint density at radius 1 is 1.08 bits per heavy atom. The fourth-order valence-electron chi connectivity index (χ4n) is 4.16. The Kier molecular flexibility index (Phi) is 6.50. The maximum atomic E-state index is 12.3. The first kappa shape index (κ1) is 18.7. The first-order valence-electron chi connectivity index (χ1n) is 9.73. The number of benzene rings is 1. The quantitative estimate of drug-likeness (QED) is 0.846.